The number of carboxylic acid groups (broad SMARTS) is 1. The van der Waals surface area contributed by atoms with Gasteiger partial charge in [0.1, 0.15) is 11.9 Å². The maximum absolute atomic E-state index is 12.7. The fourth-order valence-electron chi connectivity index (χ4n) is 1.70. The zero-order valence-corrected chi connectivity index (χ0v) is 10.2. The molecule has 0 aliphatic rings. The van der Waals surface area contributed by atoms with Crippen LogP contribution in [0.4, 0.5) is 4.39 Å². The Labute approximate surface area is 106 Å². The van der Waals surface area contributed by atoms with Gasteiger partial charge in [0, 0.05) is 0 Å². The van der Waals surface area contributed by atoms with Gasteiger partial charge in [-0.3, -0.25) is 4.79 Å². The molecule has 4 nitrogen and oxygen atoms in total. The van der Waals surface area contributed by atoms with Crippen LogP contribution in [0.25, 0.3) is 0 Å². The van der Waals surface area contributed by atoms with Crippen LogP contribution in [-0.2, 0) is 11.2 Å². The molecule has 0 aromatic heterocycles. The summed E-state index contributed by atoms with van der Waals surface area (Å²) in [5.74, 6) is -1.12. The lowest BCUT2D eigenvalue weighted by atomic mass is 10.1. The quantitative estimate of drug-likeness (QED) is 0.608. The first-order chi connectivity index (χ1) is 8.63. The lowest BCUT2D eigenvalue weighted by Crippen LogP contribution is -2.38. The molecule has 100 valence electrons. The average molecular weight is 254 g/mol. The zero-order chi connectivity index (χ0) is 13.4. The van der Waals surface area contributed by atoms with Crippen molar-refractivity contribution in [2.24, 2.45) is 5.73 Å². The Bertz CT molecular complexity index is 368. The molecule has 1 unspecified atom stereocenters. The molecular weight excluding hydrogens is 235 g/mol. The van der Waals surface area contributed by atoms with Gasteiger partial charge in [0.2, 0.25) is 0 Å². The highest BCUT2D eigenvalue weighted by Crippen LogP contribution is 2.05. The molecular formula is C13H19FN2O2. The molecule has 0 amide bonds. The molecule has 0 radical (unpaired) electrons. The summed E-state index contributed by atoms with van der Waals surface area (Å²) in [6.45, 7) is 0.955. The first-order valence-corrected chi connectivity index (χ1v) is 6.04. The zero-order valence-electron chi connectivity index (χ0n) is 10.2. The average Bonchev–Trinajstić information content (AvgIpc) is 2.35. The number of benzene rings is 1. The molecule has 1 atom stereocenters. The highest BCUT2D eigenvalue weighted by Gasteiger charge is 2.14. The number of hydrogen-bond donors (Lipinski definition) is 3. The van der Waals surface area contributed by atoms with Crippen molar-refractivity contribution in [3.63, 3.8) is 0 Å². The first kappa shape index (κ1) is 14.6. The van der Waals surface area contributed by atoms with Gasteiger partial charge in [0.15, 0.2) is 0 Å². The largest absolute Gasteiger partial charge is 0.480 e. The number of aliphatic carboxylic acids is 1. The second-order valence-corrected chi connectivity index (χ2v) is 4.15. The van der Waals surface area contributed by atoms with E-state index < -0.39 is 12.0 Å². The predicted octanol–water partition coefficient (Wildman–Crippen LogP) is 1.15. The summed E-state index contributed by atoms with van der Waals surface area (Å²) in [6.07, 6.45) is 2.02. The highest BCUT2D eigenvalue weighted by molar-refractivity contribution is 5.73. The van der Waals surface area contributed by atoms with Crippen molar-refractivity contribution in [3.8, 4) is 0 Å². The van der Waals surface area contributed by atoms with Gasteiger partial charge in [-0.2, -0.15) is 0 Å². The van der Waals surface area contributed by atoms with Crippen molar-refractivity contribution >= 4 is 5.97 Å². The Balaban J connectivity index is 2.25. The van der Waals surface area contributed by atoms with E-state index in [1.165, 1.54) is 12.1 Å². The van der Waals surface area contributed by atoms with Crippen LogP contribution in [-0.4, -0.2) is 30.2 Å². The van der Waals surface area contributed by atoms with E-state index in [-0.39, 0.29) is 5.82 Å². The summed E-state index contributed by atoms with van der Waals surface area (Å²) < 4.78 is 12.7. The SMILES string of the molecule is NCCC(NCCCc1ccc(F)cc1)C(=O)O. The van der Waals surface area contributed by atoms with Crippen molar-refractivity contribution in [2.45, 2.75) is 25.3 Å². The molecule has 4 N–H and O–H groups in total. The summed E-state index contributed by atoms with van der Waals surface area (Å²) in [5.41, 5.74) is 6.38. The molecule has 0 fully saturated rings. The summed E-state index contributed by atoms with van der Waals surface area (Å²) in [4.78, 5) is 10.8. The third kappa shape index (κ3) is 5.25. The Kier molecular flexibility index (Phi) is 6.32. The van der Waals surface area contributed by atoms with Gasteiger partial charge in [-0.05, 0) is 50.0 Å². The van der Waals surface area contributed by atoms with Gasteiger partial charge in [-0.1, -0.05) is 12.1 Å². The molecule has 1 aromatic carbocycles. The Hall–Kier alpha value is -1.46. The Morgan fingerprint density at radius 3 is 2.61 bits per heavy atom. The molecule has 0 saturated carbocycles. The number of aryl methyl sites for hydroxylation is 1. The van der Waals surface area contributed by atoms with Crippen molar-refractivity contribution < 1.29 is 14.3 Å². The number of carboxylic acids is 1. The molecule has 0 heterocycles. The number of rotatable bonds is 8. The second-order valence-electron chi connectivity index (χ2n) is 4.15. The minimum Gasteiger partial charge on any atom is -0.480 e. The van der Waals surface area contributed by atoms with E-state index in [2.05, 4.69) is 5.32 Å². The maximum Gasteiger partial charge on any atom is 0.320 e. The number of nitrogens with two attached hydrogens (primary N) is 1. The van der Waals surface area contributed by atoms with Crippen molar-refractivity contribution in [1.82, 2.24) is 5.32 Å². The summed E-state index contributed by atoms with van der Waals surface area (Å²) in [7, 11) is 0. The number of hydrogen-bond acceptors (Lipinski definition) is 3. The van der Waals surface area contributed by atoms with Crippen LogP contribution < -0.4 is 11.1 Å². The summed E-state index contributed by atoms with van der Waals surface area (Å²) in [6, 6.07) is 5.76. The normalized spacial score (nSPS) is 12.3. The lowest BCUT2D eigenvalue weighted by molar-refractivity contribution is -0.139. The third-order valence-electron chi connectivity index (χ3n) is 2.70. The van der Waals surface area contributed by atoms with Gasteiger partial charge in [-0.25, -0.2) is 4.39 Å². The van der Waals surface area contributed by atoms with E-state index in [0.717, 1.165) is 18.4 Å². The van der Waals surface area contributed by atoms with E-state index >= 15 is 0 Å². The number of nitrogens with one attached hydrogen (secondary N) is 1. The molecule has 0 spiro atoms. The Morgan fingerprint density at radius 2 is 2.06 bits per heavy atom. The van der Waals surface area contributed by atoms with Crippen LogP contribution in [0.3, 0.4) is 0 Å². The second kappa shape index (κ2) is 7.79. The maximum atomic E-state index is 12.7. The van der Waals surface area contributed by atoms with Crippen LogP contribution >= 0.6 is 0 Å². The monoisotopic (exact) mass is 254 g/mol. The van der Waals surface area contributed by atoms with Crippen molar-refractivity contribution in [2.75, 3.05) is 13.1 Å². The number of carbonyl (C=O) groups is 1. The van der Waals surface area contributed by atoms with E-state index in [1.807, 2.05) is 0 Å². The van der Waals surface area contributed by atoms with Gasteiger partial charge >= 0.3 is 5.97 Å². The molecule has 0 saturated heterocycles. The fourth-order valence-corrected chi connectivity index (χ4v) is 1.70. The van der Waals surface area contributed by atoms with Crippen LogP contribution in [0, 0.1) is 5.82 Å². The van der Waals surface area contributed by atoms with Gasteiger partial charge < -0.3 is 16.2 Å². The molecule has 1 rings (SSSR count). The van der Waals surface area contributed by atoms with E-state index in [4.69, 9.17) is 10.8 Å². The van der Waals surface area contributed by atoms with Crippen LogP contribution in [0.5, 0.6) is 0 Å². The standard InChI is InChI=1S/C13H19FN2O2/c14-11-5-3-10(4-6-11)2-1-9-16-12(7-8-15)13(17)18/h3-6,12,16H,1-2,7-9,15H2,(H,17,18). The van der Waals surface area contributed by atoms with Crippen LogP contribution in [0.2, 0.25) is 0 Å². The molecule has 1 aromatic rings. The van der Waals surface area contributed by atoms with Gasteiger partial charge in [-0.15, -0.1) is 0 Å². The molecule has 0 aliphatic carbocycles. The minimum atomic E-state index is -0.873. The predicted molar refractivity (Wildman–Crippen MR) is 67.8 cm³/mol. The van der Waals surface area contributed by atoms with E-state index in [9.17, 15) is 9.18 Å². The van der Waals surface area contributed by atoms with Crippen molar-refractivity contribution in [1.29, 1.82) is 0 Å². The molecule has 0 bridgehead atoms. The van der Waals surface area contributed by atoms with Gasteiger partial charge in [0.05, 0.1) is 0 Å². The topological polar surface area (TPSA) is 75.3 Å². The highest BCUT2D eigenvalue weighted by atomic mass is 19.1. The first-order valence-electron chi connectivity index (χ1n) is 6.04. The van der Waals surface area contributed by atoms with Crippen LogP contribution in [0.15, 0.2) is 24.3 Å². The fraction of sp³-hybridized carbons (Fsp3) is 0.462. The molecule has 18 heavy (non-hydrogen) atoms. The summed E-state index contributed by atoms with van der Waals surface area (Å²) >= 11 is 0. The minimum absolute atomic E-state index is 0.245. The molecule has 5 heteroatoms. The number of halogens is 1. The smallest absolute Gasteiger partial charge is 0.320 e. The third-order valence-corrected chi connectivity index (χ3v) is 2.70. The Morgan fingerprint density at radius 1 is 1.39 bits per heavy atom. The van der Waals surface area contributed by atoms with E-state index in [0.29, 0.717) is 19.5 Å². The lowest BCUT2D eigenvalue weighted by Gasteiger charge is -2.13. The van der Waals surface area contributed by atoms with Crippen molar-refractivity contribution in [3.05, 3.63) is 35.6 Å². The van der Waals surface area contributed by atoms with Gasteiger partial charge in [0.25, 0.3) is 0 Å². The molecule has 0 aliphatic heterocycles. The van der Waals surface area contributed by atoms with E-state index in [1.54, 1.807) is 12.1 Å². The van der Waals surface area contributed by atoms with Crippen LogP contribution in [0.1, 0.15) is 18.4 Å². The summed E-state index contributed by atoms with van der Waals surface area (Å²) in [5, 5.41) is 11.8.